The van der Waals surface area contributed by atoms with Crippen LogP contribution in [0.1, 0.15) is 12.8 Å². The highest BCUT2D eigenvalue weighted by Crippen LogP contribution is 2.20. The van der Waals surface area contributed by atoms with Gasteiger partial charge in [0, 0.05) is 13.2 Å². The average Bonchev–Trinajstić information content (AvgIpc) is 2.85. The molecule has 98 valence electrons. The van der Waals surface area contributed by atoms with Gasteiger partial charge >= 0.3 is 0 Å². The van der Waals surface area contributed by atoms with Crippen LogP contribution in [0.25, 0.3) is 0 Å². The van der Waals surface area contributed by atoms with Crippen molar-refractivity contribution in [3.05, 3.63) is 29.3 Å². The Morgan fingerprint density at radius 2 is 2.28 bits per heavy atom. The van der Waals surface area contributed by atoms with Crippen LogP contribution in [0, 0.1) is 0 Å². The van der Waals surface area contributed by atoms with E-state index in [-0.39, 0.29) is 18.6 Å². The number of carbonyl (C=O) groups excluding carboxylic acids is 1. The third kappa shape index (κ3) is 3.98. The van der Waals surface area contributed by atoms with Crippen molar-refractivity contribution in [2.24, 2.45) is 0 Å². The molecule has 1 aliphatic heterocycles. The van der Waals surface area contributed by atoms with Crippen LogP contribution < -0.4 is 10.6 Å². The van der Waals surface area contributed by atoms with Crippen LogP contribution in [-0.2, 0) is 9.53 Å². The minimum atomic E-state index is -0.0962. The topological polar surface area (TPSA) is 50.4 Å². The first-order valence-corrected chi connectivity index (χ1v) is 6.50. The van der Waals surface area contributed by atoms with Gasteiger partial charge in [0.1, 0.15) is 0 Å². The van der Waals surface area contributed by atoms with E-state index < -0.39 is 0 Å². The number of hydrogen-bond acceptors (Lipinski definition) is 3. The Bertz CT molecular complexity index is 406. The number of hydrogen-bond donors (Lipinski definition) is 2. The Morgan fingerprint density at radius 1 is 1.44 bits per heavy atom. The van der Waals surface area contributed by atoms with Gasteiger partial charge in [0.05, 0.1) is 23.4 Å². The van der Waals surface area contributed by atoms with Gasteiger partial charge in [-0.3, -0.25) is 4.79 Å². The van der Waals surface area contributed by atoms with Gasteiger partial charge in [-0.15, -0.1) is 0 Å². The molecule has 0 radical (unpaired) electrons. The molecule has 1 atom stereocenters. The van der Waals surface area contributed by atoms with E-state index in [9.17, 15) is 4.79 Å². The summed E-state index contributed by atoms with van der Waals surface area (Å²) in [4.78, 5) is 11.7. The maximum atomic E-state index is 11.7. The zero-order chi connectivity index (χ0) is 12.8. The van der Waals surface area contributed by atoms with Gasteiger partial charge < -0.3 is 15.4 Å². The summed E-state index contributed by atoms with van der Waals surface area (Å²) in [5.74, 6) is -0.0962. The SMILES string of the molecule is O=C(CNCC1CCCO1)Nc1ccccc1Cl. The molecular formula is C13H17ClN2O2. The van der Waals surface area contributed by atoms with Crippen molar-refractivity contribution in [2.45, 2.75) is 18.9 Å². The molecule has 2 rings (SSSR count). The number of amides is 1. The summed E-state index contributed by atoms with van der Waals surface area (Å²) in [6.45, 7) is 1.82. The molecule has 1 fully saturated rings. The molecule has 0 bridgehead atoms. The second-order valence-electron chi connectivity index (χ2n) is 4.29. The lowest BCUT2D eigenvalue weighted by molar-refractivity contribution is -0.115. The molecule has 1 amide bonds. The van der Waals surface area contributed by atoms with Gasteiger partial charge in [-0.05, 0) is 25.0 Å². The minimum Gasteiger partial charge on any atom is -0.377 e. The van der Waals surface area contributed by atoms with E-state index in [0.29, 0.717) is 10.7 Å². The molecule has 1 saturated heterocycles. The van der Waals surface area contributed by atoms with Crippen LogP contribution in [0.5, 0.6) is 0 Å². The van der Waals surface area contributed by atoms with Gasteiger partial charge in [0.2, 0.25) is 5.91 Å². The third-order valence-electron chi connectivity index (χ3n) is 2.83. The molecule has 1 heterocycles. The molecule has 1 aliphatic rings. The summed E-state index contributed by atoms with van der Waals surface area (Å²) in [5, 5.41) is 6.39. The summed E-state index contributed by atoms with van der Waals surface area (Å²) in [6, 6.07) is 7.19. The van der Waals surface area contributed by atoms with Crippen molar-refractivity contribution in [1.29, 1.82) is 0 Å². The van der Waals surface area contributed by atoms with Gasteiger partial charge in [0.15, 0.2) is 0 Å². The molecule has 0 aromatic heterocycles. The number of anilines is 1. The summed E-state index contributed by atoms with van der Waals surface area (Å²) in [6.07, 6.45) is 2.43. The lowest BCUT2D eigenvalue weighted by Crippen LogP contribution is -2.33. The van der Waals surface area contributed by atoms with Crippen molar-refractivity contribution in [3.63, 3.8) is 0 Å². The van der Waals surface area contributed by atoms with E-state index in [4.69, 9.17) is 16.3 Å². The molecular weight excluding hydrogens is 252 g/mol. The molecule has 1 aromatic carbocycles. The molecule has 2 N–H and O–H groups in total. The number of ether oxygens (including phenoxy) is 1. The van der Waals surface area contributed by atoms with E-state index in [1.807, 2.05) is 12.1 Å². The van der Waals surface area contributed by atoms with Gasteiger partial charge in [-0.2, -0.15) is 0 Å². The Kier molecular flexibility index (Phi) is 4.99. The summed E-state index contributed by atoms with van der Waals surface area (Å²) in [7, 11) is 0. The Hall–Kier alpha value is -1.10. The molecule has 0 aliphatic carbocycles. The lowest BCUT2D eigenvalue weighted by atomic mass is 10.2. The lowest BCUT2D eigenvalue weighted by Gasteiger charge is -2.11. The smallest absolute Gasteiger partial charge is 0.238 e. The first-order valence-electron chi connectivity index (χ1n) is 6.12. The molecule has 0 saturated carbocycles. The molecule has 18 heavy (non-hydrogen) atoms. The van der Waals surface area contributed by atoms with Crippen molar-refractivity contribution in [1.82, 2.24) is 5.32 Å². The van der Waals surface area contributed by atoms with Crippen LogP contribution in [0.4, 0.5) is 5.69 Å². The average molecular weight is 269 g/mol. The second-order valence-corrected chi connectivity index (χ2v) is 4.70. The van der Waals surface area contributed by atoms with Crippen LogP contribution in [0.3, 0.4) is 0 Å². The van der Waals surface area contributed by atoms with Crippen molar-refractivity contribution in [2.75, 3.05) is 25.0 Å². The number of rotatable bonds is 5. The zero-order valence-electron chi connectivity index (χ0n) is 10.1. The van der Waals surface area contributed by atoms with Gasteiger partial charge in [0.25, 0.3) is 0 Å². The van der Waals surface area contributed by atoms with Crippen molar-refractivity contribution < 1.29 is 9.53 Å². The van der Waals surface area contributed by atoms with Crippen LogP contribution in [-0.4, -0.2) is 31.7 Å². The van der Waals surface area contributed by atoms with Crippen LogP contribution >= 0.6 is 11.6 Å². The number of benzene rings is 1. The molecule has 1 aromatic rings. The van der Waals surface area contributed by atoms with E-state index in [2.05, 4.69) is 10.6 Å². The maximum Gasteiger partial charge on any atom is 0.238 e. The van der Waals surface area contributed by atoms with E-state index in [1.165, 1.54) is 0 Å². The maximum absolute atomic E-state index is 11.7. The summed E-state index contributed by atoms with van der Waals surface area (Å²) >= 11 is 5.95. The zero-order valence-corrected chi connectivity index (χ0v) is 10.9. The standard InChI is InChI=1S/C13H17ClN2O2/c14-11-5-1-2-6-12(11)16-13(17)9-15-8-10-4-3-7-18-10/h1-2,5-6,10,15H,3-4,7-9H2,(H,16,17). The van der Waals surface area contributed by atoms with Crippen LogP contribution in [0.2, 0.25) is 5.02 Å². The Labute approximate surface area is 112 Å². The van der Waals surface area contributed by atoms with Crippen LogP contribution in [0.15, 0.2) is 24.3 Å². The van der Waals surface area contributed by atoms with Crippen molar-refractivity contribution in [3.8, 4) is 0 Å². The fourth-order valence-electron chi connectivity index (χ4n) is 1.91. The quantitative estimate of drug-likeness (QED) is 0.859. The molecule has 4 nitrogen and oxygen atoms in total. The van der Waals surface area contributed by atoms with Gasteiger partial charge in [-0.25, -0.2) is 0 Å². The Morgan fingerprint density at radius 3 is 3.00 bits per heavy atom. The monoisotopic (exact) mass is 268 g/mol. The summed E-state index contributed by atoms with van der Waals surface area (Å²) < 4.78 is 5.46. The Balaban J connectivity index is 1.70. The number of carbonyl (C=O) groups is 1. The number of nitrogens with one attached hydrogen (secondary N) is 2. The number of para-hydroxylation sites is 1. The predicted octanol–water partition coefficient (Wildman–Crippen LogP) is 2.05. The van der Waals surface area contributed by atoms with Gasteiger partial charge in [-0.1, -0.05) is 23.7 Å². The minimum absolute atomic E-state index is 0.0962. The fourth-order valence-corrected chi connectivity index (χ4v) is 2.09. The normalized spacial score (nSPS) is 18.8. The second kappa shape index (κ2) is 6.73. The highest BCUT2D eigenvalue weighted by atomic mass is 35.5. The first-order chi connectivity index (χ1) is 8.75. The van der Waals surface area contributed by atoms with E-state index in [0.717, 1.165) is 26.0 Å². The van der Waals surface area contributed by atoms with E-state index in [1.54, 1.807) is 12.1 Å². The van der Waals surface area contributed by atoms with E-state index >= 15 is 0 Å². The molecule has 1 unspecified atom stereocenters. The predicted molar refractivity (Wildman–Crippen MR) is 71.9 cm³/mol. The number of halogens is 1. The highest BCUT2D eigenvalue weighted by Gasteiger charge is 2.15. The summed E-state index contributed by atoms with van der Waals surface area (Å²) in [5.41, 5.74) is 0.642. The largest absolute Gasteiger partial charge is 0.377 e. The fraction of sp³-hybridized carbons (Fsp3) is 0.462. The third-order valence-corrected chi connectivity index (χ3v) is 3.16. The molecule has 0 spiro atoms. The molecule has 5 heteroatoms. The highest BCUT2D eigenvalue weighted by molar-refractivity contribution is 6.33. The van der Waals surface area contributed by atoms with Crippen molar-refractivity contribution >= 4 is 23.2 Å². The first kappa shape index (κ1) is 13.3.